The van der Waals surface area contributed by atoms with E-state index in [9.17, 15) is 19.3 Å². The number of aliphatic hydroxyl groups is 1. The quantitative estimate of drug-likeness (QED) is 0.323. The molecule has 3 rings (SSSR count). The van der Waals surface area contributed by atoms with E-state index in [-0.39, 0.29) is 30.7 Å². The minimum atomic E-state index is -4.12. The Bertz CT molecular complexity index is 1080. The molecule has 1 aliphatic heterocycles. The number of rotatable bonds is 10. The van der Waals surface area contributed by atoms with Gasteiger partial charge in [0.25, 0.3) is 0 Å². The van der Waals surface area contributed by atoms with E-state index in [0.717, 1.165) is 0 Å². The van der Waals surface area contributed by atoms with E-state index in [1.165, 1.54) is 23.8 Å². The molecule has 5 atom stereocenters. The van der Waals surface area contributed by atoms with Crippen molar-refractivity contribution in [3.63, 3.8) is 0 Å². The summed E-state index contributed by atoms with van der Waals surface area (Å²) in [7, 11) is -4.12. The largest absolute Gasteiger partial charge is 0.462 e. The average Bonchev–Trinajstić information content (AvgIpc) is 3.12. The van der Waals surface area contributed by atoms with Crippen molar-refractivity contribution in [2.45, 2.75) is 57.8 Å². The summed E-state index contributed by atoms with van der Waals surface area (Å²) >= 11 is 0. The van der Waals surface area contributed by atoms with Crippen molar-refractivity contribution in [3.8, 4) is 5.75 Å². The van der Waals surface area contributed by atoms with E-state index in [4.69, 9.17) is 24.3 Å². The van der Waals surface area contributed by atoms with Gasteiger partial charge in [0, 0.05) is 12.6 Å². The maximum atomic E-state index is 13.5. The number of hydrogen-bond acceptors (Lipinski definition) is 10. The van der Waals surface area contributed by atoms with E-state index in [2.05, 4.69) is 10.1 Å². The number of hydrogen-bond donors (Lipinski definition) is 3. The molecule has 0 aliphatic carbocycles. The Kier molecular flexibility index (Phi) is 8.45. The highest BCUT2D eigenvalue weighted by Gasteiger charge is 2.39. The number of nitrogen functional groups attached to an aromatic ring is 1. The molecule has 0 spiro atoms. The minimum absolute atomic E-state index is 0.0647. The van der Waals surface area contributed by atoms with Gasteiger partial charge in [-0.25, -0.2) is 9.36 Å². The van der Waals surface area contributed by atoms with Gasteiger partial charge in [-0.05, 0) is 39.0 Å². The van der Waals surface area contributed by atoms with Gasteiger partial charge in [0.2, 0.25) is 0 Å². The molecule has 1 saturated heterocycles. The lowest BCUT2D eigenvalue weighted by atomic mass is 10.2. The van der Waals surface area contributed by atoms with E-state index in [1.54, 1.807) is 44.2 Å². The van der Waals surface area contributed by atoms with Crippen LogP contribution in [-0.2, 0) is 23.4 Å². The number of ether oxygens (including phenoxy) is 2. The number of benzene rings is 1. The molecule has 2 aromatic rings. The molecule has 13 heteroatoms. The number of carbonyl (C=O) groups is 1. The molecule has 186 valence electrons. The Morgan fingerprint density at radius 3 is 2.68 bits per heavy atom. The fraction of sp³-hybridized carbons (Fsp3) is 0.476. The highest BCUT2D eigenvalue weighted by Crippen LogP contribution is 2.45. The van der Waals surface area contributed by atoms with Crippen molar-refractivity contribution in [2.24, 2.45) is 0 Å². The number of nitrogens with one attached hydrogen (secondary N) is 1. The molecule has 1 aromatic heterocycles. The zero-order chi connectivity index (χ0) is 24.9. The molecule has 4 N–H and O–H groups in total. The predicted molar refractivity (Wildman–Crippen MR) is 122 cm³/mol. The van der Waals surface area contributed by atoms with Crippen LogP contribution in [0.4, 0.5) is 5.82 Å². The van der Waals surface area contributed by atoms with Crippen LogP contribution in [0.5, 0.6) is 5.75 Å². The van der Waals surface area contributed by atoms with Gasteiger partial charge >= 0.3 is 19.4 Å². The first-order valence-corrected chi connectivity index (χ1v) is 12.3. The van der Waals surface area contributed by atoms with Crippen molar-refractivity contribution >= 4 is 19.5 Å². The first kappa shape index (κ1) is 25.9. The van der Waals surface area contributed by atoms with Gasteiger partial charge < -0.3 is 24.8 Å². The molecule has 34 heavy (non-hydrogen) atoms. The van der Waals surface area contributed by atoms with Gasteiger partial charge in [0.1, 0.15) is 29.9 Å². The second-order valence-corrected chi connectivity index (χ2v) is 9.70. The summed E-state index contributed by atoms with van der Waals surface area (Å²) in [6, 6.07) is 8.69. The van der Waals surface area contributed by atoms with E-state index in [1.807, 2.05) is 0 Å². The number of carbonyl (C=O) groups excluding carboxylic acids is 1. The summed E-state index contributed by atoms with van der Waals surface area (Å²) in [5.41, 5.74) is 4.88. The van der Waals surface area contributed by atoms with Crippen LogP contribution in [0.25, 0.3) is 0 Å². The topological polar surface area (TPSA) is 164 Å². The number of nitrogens with zero attached hydrogens (tertiary/aromatic N) is 2. The first-order valence-electron chi connectivity index (χ1n) is 10.7. The molecule has 0 radical (unpaired) electrons. The van der Waals surface area contributed by atoms with Crippen molar-refractivity contribution < 1.29 is 33.0 Å². The molecular weight excluding hydrogens is 467 g/mol. The van der Waals surface area contributed by atoms with Gasteiger partial charge in [-0.3, -0.25) is 13.9 Å². The summed E-state index contributed by atoms with van der Waals surface area (Å²) in [6.07, 6.45) is -1.64. The normalized spacial score (nSPS) is 22.8. The lowest BCUT2D eigenvalue weighted by Crippen LogP contribution is -2.37. The summed E-state index contributed by atoms with van der Waals surface area (Å²) < 4.78 is 36.7. The summed E-state index contributed by atoms with van der Waals surface area (Å²) in [5.74, 6) is -0.328. The summed E-state index contributed by atoms with van der Waals surface area (Å²) in [4.78, 5) is 27.9. The van der Waals surface area contributed by atoms with Crippen LogP contribution in [-0.4, -0.2) is 51.6 Å². The van der Waals surface area contributed by atoms with Gasteiger partial charge in [0.15, 0.2) is 0 Å². The SMILES string of the molecule is CC(C)OC(=O)[C@H](C)NP(=O)(OC[C@H]1O[C@@H](n2ccc(N)nc2=O)C[C@H]1O)Oc1ccccc1. The highest BCUT2D eigenvalue weighted by molar-refractivity contribution is 7.52. The van der Waals surface area contributed by atoms with Gasteiger partial charge in [-0.1, -0.05) is 18.2 Å². The van der Waals surface area contributed by atoms with Crippen molar-refractivity contribution in [1.82, 2.24) is 14.6 Å². The number of para-hydroxylation sites is 1. The number of esters is 1. The molecule has 1 fully saturated rings. The number of anilines is 1. The molecule has 1 unspecified atom stereocenters. The standard InChI is InChI=1S/C21H29N4O8P/c1-13(2)31-20(27)14(3)24-34(29,33-15-7-5-4-6-8-15)30-12-17-16(26)11-19(32-17)25-10-9-18(22)23-21(25)28/h4-10,13-14,16-17,19,26H,11-12H2,1-3H3,(H,24,29)(H2,22,23,28)/t14-,16+,17+,19+,34?/m0/s1. The van der Waals surface area contributed by atoms with E-state index < -0.39 is 43.9 Å². The Balaban J connectivity index is 1.71. The molecule has 2 heterocycles. The van der Waals surface area contributed by atoms with Crippen LogP contribution < -0.4 is 21.0 Å². The monoisotopic (exact) mass is 496 g/mol. The lowest BCUT2D eigenvalue weighted by Gasteiger charge is -2.25. The zero-order valence-corrected chi connectivity index (χ0v) is 20.0. The van der Waals surface area contributed by atoms with Gasteiger partial charge in [-0.2, -0.15) is 10.1 Å². The molecule has 0 bridgehead atoms. The van der Waals surface area contributed by atoms with Crippen LogP contribution in [0.2, 0.25) is 0 Å². The second kappa shape index (κ2) is 11.1. The van der Waals surface area contributed by atoms with Crippen LogP contribution >= 0.6 is 7.75 Å². The van der Waals surface area contributed by atoms with Gasteiger partial charge in [-0.15, -0.1) is 0 Å². The molecule has 12 nitrogen and oxygen atoms in total. The number of aliphatic hydroxyl groups excluding tert-OH is 1. The average molecular weight is 496 g/mol. The van der Waals surface area contributed by atoms with Crippen LogP contribution in [0.3, 0.4) is 0 Å². The summed E-state index contributed by atoms with van der Waals surface area (Å²) in [5, 5.41) is 13.0. The van der Waals surface area contributed by atoms with Crippen LogP contribution in [0, 0.1) is 0 Å². The van der Waals surface area contributed by atoms with Gasteiger partial charge in [0.05, 0.1) is 18.8 Å². The first-order chi connectivity index (χ1) is 16.1. The third-order valence-corrected chi connectivity index (χ3v) is 6.44. The minimum Gasteiger partial charge on any atom is -0.462 e. The van der Waals surface area contributed by atoms with Crippen LogP contribution in [0.1, 0.15) is 33.4 Å². The maximum absolute atomic E-state index is 13.5. The Morgan fingerprint density at radius 1 is 1.32 bits per heavy atom. The third kappa shape index (κ3) is 6.87. The maximum Gasteiger partial charge on any atom is 0.459 e. The smallest absolute Gasteiger partial charge is 0.459 e. The lowest BCUT2D eigenvalue weighted by molar-refractivity contribution is -0.149. The fourth-order valence-electron chi connectivity index (χ4n) is 3.19. The highest BCUT2D eigenvalue weighted by atomic mass is 31.2. The van der Waals surface area contributed by atoms with Crippen molar-refractivity contribution in [3.05, 3.63) is 53.1 Å². The Labute approximate surface area is 196 Å². The van der Waals surface area contributed by atoms with E-state index >= 15 is 0 Å². The number of aromatic nitrogens is 2. The van der Waals surface area contributed by atoms with Crippen molar-refractivity contribution in [1.29, 1.82) is 0 Å². The number of nitrogens with two attached hydrogens (primary N) is 1. The second-order valence-electron chi connectivity index (χ2n) is 8.01. The Morgan fingerprint density at radius 2 is 2.03 bits per heavy atom. The molecule has 0 saturated carbocycles. The molecular formula is C21H29N4O8P. The molecule has 0 amide bonds. The van der Waals surface area contributed by atoms with Crippen molar-refractivity contribution in [2.75, 3.05) is 12.3 Å². The predicted octanol–water partition coefficient (Wildman–Crippen LogP) is 1.61. The van der Waals surface area contributed by atoms with E-state index in [0.29, 0.717) is 0 Å². The summed E-state index contributed by atoms with van der Waals surface area (Å²) in [6.45, 7) is 4.50. The molecule has 1 aliphatic rings. The molecule has 1 aromatic carbocycles. The Hall–Kier alpha value is -2.76. The fourth-order valence-corrected chi connectivity index (χ4v) is 4.69. The third-order valence-electron chi connectivity index (χ3n) is 4.80. The van der Waals surface area contributed by atoms with Crippen LogP contribution in [0.15, 0.2) is 47.4 Å². The zero-order valence-electron chi connectivity index (χ0n) is 19.1.